The lowest BCUT2D eigenvalue weighted by atomic mass is 10.1. The van der Waals surface area contributed by atoms with Gasteiger partial charge in [0.25, 0.3) is 5.56 Å². The van der Waals surface area contributed by atoms with Gasteiger partial charge in [-0.05, 0) is 59.8 Å². The molecule has 9 nitrogen and oxygen atoms in total. The van der Waals surface area contributed by atoms with Gasteiger partial charge in [-0.25, -0.2) is 4.68 Å². The number of tetrazole rings is 1. The van der Waals surface area contributed by atoms with Crippen molar-refractivity contribution in [2.45, 2.75) is 52.0 Å². The second-order valence-corrected chi connectivity index (χ2v) is 9.08. The minimum atomic E-state index is -0.0923. The summed E-state index contributed by atoms with van der Waals surface area (Å²) in [6.07, 6.45) is 2.20. The number of fused-ring (bicyclic) bond motifs is 1. The van der Waals surface area contributed by atoms with Crippen molar-refractivity contribution in [3.05, 3.63) is 81.4 Å². The van der Waals surface area contributed by atoms with Crippen LogP contribution in [0.5, 0.6) is 5.75 Å². The van der Waals surface area contributed by atoms with E-state index in [4.69, 9.17) is 9.47 Å². The maximum absolute atomic E-state index is 13.0. The zero-order valence-electron chi connectivity index (χ0n) is 20.1. The van der Waals surface area contributed by atoms with Crippen molar-refractivity contribution in [2.75, 3.05) is 13.7 Å². The average molecular weight is 475 g/mol. The molecule has 182 valence electrons. The summed E-state index contributed by atoms with van der Waals surface area (Å²) in [5, 5.41) is 13.4. The van der Waals surface area contributed by atoms with Gasteiger partial charge in [0.1, 0.15) is 5.75 Å². The lowest BCUT2D eigenvalue weighted by Crippen LogP contribution is -2.29. The Morgan fingerprint density at radius 2 is 2.00 bits per heavy atom. The van der Waals surface area contributed by atoms with Gasteiger partial charge in [0, 0.05) is 36.3 Å². The summed E-state index contributed by atoms with van der Waals surface area (Å²) in [7, 11) is 1.67. The highest BCUT2D eigenvalue weighted by atomic mass is 16.5. The Hall–Kier alpha value is -3.56. The van der Waals surface area contributed by atoms with E-state index >= 15 is 0 Å². The van der Waals surface area contributed by atoms with Gasteiger partial charge in [-0.15, -0.1) is 5.10 Å². The molecule has 5 rings (SSSR count). The van der Waals surface area contributed by atoms with Gasteiger partial charge in [-0.2, -0.15) is 0 Å². The highest BCUT2D eigenvalue weighted by molar-refractivity contribution is 5.79. The summed E-state index contributed by atoms with van der Waals surface area (Å²) in [5.41, 5.74) is 3.61. The number of aryl methyl sites for hydroxylation is 1. The van der Waals surface area contributed by atoms with Gasteiger partial charge < -0.3 is 14.5 Å². The molecule has 1 saturated heterocycles. The molecule has 4 aromatic rings. The fraction of sp³-hybridized carbons (Fsp3) is 0.385. The second kappa shape index (κ2) is 10.4. The zero-order valence-corrected chi connectivity index (χ0v) is 20.1. The zero-order chi connectivity index (χ0) is 24.2. The summed E-state index contributed by atoms with van der Waals surface area (Å²) in [4.78, 5) is 18.2. The van der Waals surface area contributed by atoms with Crippen molar-refractivity contribution in [1.29, 1.82) is 0 Å². The number of nitrogens with zero attached hydrogens (tertiary/aromatic N) is 5. The molecule has 1 fully saturated rings. The van der Waals surface area contributed by atoms with Gasteiger partial charge >= 0.3 is 0 Å². The number of nitrogens with one attached hydrogen (secondary N) is 1. The molecule has 0 amide bonds. The second-order valence-electron chi connectivity index (χ2n) is 9.08. The van der Waals surface area contributed by atoms with E-state index in [1.54, 1.807) is 7.11 Å². The van der Waals surface area contributed by atoms with E-state index < -0.39 is 0 Å². The Bertz CT molecular complexity index is 1360. The predicted octanol–water partition coefficient (Wildman–Crippen LogP) is 3.21. The number of ether oxygens (including phenoxy) is 2. The Balaban J connectivity index is 1.45. The van der Waals surface area contributed by atoms with Crippen molar-refractivity contribution in [3.63, 3.8) is 0 Å². The van der Waals surface area contributed by atoms with Crippen LogP contribution in [0.1, 0.15) is 35.4 Å². The minimum Gasteiger partial charge on any atom is -0.496 e. The van der Waals surface area contributed by atoms with Crippen LogP contribution in [-0.4, -0.2) is 49.9 Å². The van der Waals surface area contributed by atoms with Crippen molar-refractivity contribution in [3.8, 4) is 5.75 Å². The first-order valence-corrected chi connectivity index (χ1v) is 11.9. The third-order valence-corrected chi connectivity index (χ3v) is 6.43. The first-order valence-electron chi connectivity index (χ1n) is 11.9. The van der Waals surface area contributed by atoms with E-state index in [-0.39, 0.29) is 11.7 Å². The molecule has 1 atom stereocenters. The number of pyridine rings is 1. The maximum Gasteiger partial charge on any atom is 0.252 e. The molecule has 1 aliphatic heterocycles. The van der Waals surface area contributed by atoms with E-state index in [9.17, 15) is 4.79 Å². The molecule has 35 heavy (non-hydrogen) atoms. The normalized spacial score (nSPS) is 15.8. The van der Waals surface area contributed by atoms with E-state index in [2.05, 4.69) is 31.5 Å². The molecule has 2 aromatic heterocycles. The Kier molecular flexibility index (Phi) is 6.87. The SMILES string of the molecule is COc1ccccc1CN(Cc1cc2cc(C)ccc2[nH]c1=O)Cc1nnnn1C[C@@H]1CCCO1. The molecule has 0 spiro atoms. The van der Waals surface area contributed by atoms with Gasteiger partial charge in [-0.3, -0.25) is 9.69 Å². The summed E-state index contributed by atoms with van der Waals surface area (Å²) >= 11 is 0. The van der Waals surface area contributed by atoms with Crippen LogP contribution in [0.15, 0.2) is 53.3 Å². The molecule has 0 unspecified atom stereocenters. The molecule has 3 heterocycles. The van der Waals surface area contributed by atoms with E-state index in [0.717, 1.165) is 53.1 Å². The summed E-state index contributed by atoms with van der Waals surface area (Å²) in [5.74, 6) is 1.54. The number of hydrogen-bond donors (Lipinski definition) is 1. The van der Waals surface area contributed by atoms with Crippen molar-refractivity contribution < 1.29 is 9.47 Å². The third kappa shape index (κ3) is 5.41. The Morgan fingerprint density at radius 3 is 2.83 bits per heavy atom. The van der Waals surface area contributed by atoms with Crippen LogP contribution in [0.3, 0.4) is 0 Å². The molecular weight excluding hydrogens is 444 g/mol. The number of aromatic amines is 1. The summed E-state index contributed by atoms with van der Waals surface area (Å²) in [6.45, 7) is 4.94. The van der Waals surface area contributed by atoms with Crippen LogP contribution in [0.4, 0.5) is 0 Å². The largest absolute Gasteiger partial charge is 0.496 e. The van der Waals surface area contributed by atoms with E-state index in [1.807, 2.05) is 54.1 Å². The van der Waals surface area contributed by atoms with Crippen LogP contribution in [0, 0.1) is 6.92 Å². The van der Waals surface area contributed by atoms with Crippen LogP contribution in [0.2, 0.25) is 0 Å². The highest BCUT2D eigenvalue weighted by Gasteiger charge is 2.21. The number of benzene rings is 2. The van der Waals surface area contributed by atoms with Crippen LogP contribution >= 0.6 is 0 Å². The number of rotatable bonds is 9. The molecule has 0 aliphatic carbocycles. The molecule has 1 aliphatic rings. The summed E-state index contributed by atoms with van der Waals surface area (Å²) < 4.78 is 13.2. The Morgan fingerprint density at radius 1 is 1.14 bits per heavy atom. The molecular formula is C26H30N6O3. The average Bonchev–Trinajstić information content (AvgIpc) is 3.53. The molecule has 2 aromatic carbocycles. The monoisotopic (exact) mass is 474 g/mol. The van der Waals surface area contributed by atoms with Crippen molar-refractivity contribution in [2.24, 2.45) is 0 Å². The first kappa shape index (κ1) is 23.2. The van der Waals surface area contributed by atoms with Gasteiger partial charge in [0.15, 0.2) is 5.82 Å². The van der Waals surface area contributed by atoms with Crippen LogP contribution in [-0.2, 0) is 30.9 Å². The van der Waals surface area contributed by atoms with E-state index in [0.29, 0.717) is 31.7 Å². The number of aromatic nitrogens is 5. The van der Waals surface area contributed by atoms with Gasteiger partial charge in [0.2, 0.25) is 0 Å². The standard InChI is InChI=1S/C26H30N6O3/c1-18-9-10-23-20(12-18)13-21(26(33)27-23)15-31(14-19-6-3-4-8-24(19)34-2)17-25-28-29-30-32(25)16-22-7-5-11-35-22/h3-4,6,8-10,12-13,22H,5,7,11,14-17H2,1-2H3,(H,27,33)/t22-/m0/s1. The van der Waals surface area contributed by atoms with Crippen molar-refractivity contribution in [1.82, 2.24) is 30.1 Å². The molecule has 1 N–H and O–H groups in total. The third-order valence-electron chi connectivity index (χ3n) is 6.43. The van der Waals surface area contributed by atoms with Crippen LogP contribution in [0.25, 0.3) is 10.9 Å². The fourth-order valence-corrected chi connectivity index (χ4v) is 4.63. The fourth-order valence-electron chi connectivity index (χ4n) is 4.63. The number of hydrogen-bond acceptors (Lipinski definition) is 7. The Labute approximate surface area is 203 Å². The maximum atomic E-state index is 13.0. The number of H-pyrrole nitrogens is 1. The molecule has 0 saturated carbocycles. The quantitative estimate of drug-likeness (QED) is 0.398. The first-order chi connectivity index (χ1) is 17.1. The van der Waals surface area contributed by atoms with Gasteiger partial charge in [-0.1, -0.05) is 29.8 Å². The smallest absolute Gasteiger partial charge is 0.252 e. The topological polar surface area (TPSA) is 98.2 Å². The molecule has 0 bridgehead atoms. The highest BCUT2D eigenvalue weighted by Crippen LogP contribution is 2.22. The number of para-hydroxylation sites is 1. The number of methoxy groups -OCH3 is 1. The lowest BCUT2D eigenvalue weighted by Gasteiger charge is -2.23. The van der Waals surface area contributed by atoms with E-state index in [1.165, 1.54) is 0 Å². The van der Waals surface area contributed by atoms with Gasteiger partial charge in [0.05, 0.1) is 26.3 Å². The van der Waals surface area contributed by atoms with Crippen molar-refractivity contribution >= 4 is 10.9 Å². The molecule has 0 radical (unpaired) electrons. The molecule has 9 heteroatoms. The van der Waals surface area contributed by atoms with Crippen LogP contribution < -0.4 is 10.3 Å². The lowest BCUT2D eigenvalue weighted by molar-refractivity contribution is 0.0914. The minimum absolute atomic E-state index is 0.0923. The predicted molar refractivity (Wildman–Crippen MR) is 132 cm³/mol. The summed E-state index contributed by atoms with van der Waals surface area (Å²) in [6, 6.07) is 15.9.